The maximum Gasteiger partial charge on any atom is 0.284 e. The Hall–Kier alpha value is -3.65. The van der Waals surface area contributed by atoms with Gasteiger partial charge in [0.25, 0.3) is 5.91 Å². The van der Waals surface area contributed by atoms with Gasteiger partial charge in [-0.2, -0.15) is 0 Å². The van der Waals surface area contributed by atoms with Crippen LogP contribution in [-0.4, -0.2) is 75.7 Å². The van der Waals surface area contributed by atoms with E-state index in [1.165, 1.54) is 11.3 Å². The van der Waals surface area contributed by atoms with Crippen molar-refractivity contribution in [3.05, 3.63) is 74.3 Å². The van der Waals surface area contributed by atoms with Crippen LogP contribution in [0.2, 0.25) is 10.0 Å². The van der Waals surface area contributed by atoms with Gasteiger partial charge in [-0.1, -0.05) is 41.4 Å². The number of hydrogen-bond acceptors (Lipinski definition) is 10. The predicted octanol–water partition coefficient (Wildman–Crippen LogP) is 4.77. The van der Waals surface area contributed by atoms with E-state index < -0.39 is 0 Å². The van der Waals surface area contributed by atoms with Crippen molar-refractivity contribution >= 4 is 52.0 Å². The minimum atomic E-state index is -0.372. The number of β-amino-alcohol motifs (C(OH)–C–C–N with tert-alkyl or cyclic N) is 1. The third-order valence-corrected chi connectivity index (χ3v) is 9.74. The predicted molar refractivity (Wildman–Crippen MR) is 178 cm³/mol. The number of nitrogens with zero attached hydrogens (tertiary/aromatic N) is 4. The van der Waals surface area contributed by atoms with E-state index in [1.54, 1.807) is 43.8 Å². The summed E-state index contributed by atoms with van der Waals surface area (Å²) in [5.41, 5.74) is 3.50. The van der Waals surface area contributed by atoms with E-state index in [-0.39, 0.29) is 29.0 Å². The number of nitrogens with one attached hydrogen (secondary N) is 3. The summed E-state index contributed by atoms with van der Waals surface area (Å²) in [6, 6.07) is 11.0. The standard InChI is InChI=1S/C32H33Cl2N7O4S/c1-45-31-18(13-35-14-19-6-8-26(43)38-19)5-7-24(40-31)22-9-11-36-29(28(22)34)23-3-2-4-25(27(23)33)39-30(44)32-37-15-21(46-32)17-41-12-10-20(42)16-41/h2-5,7,9,11,15,19-20,35,42H,6,8,10,12-14,16-17H2,1H3,(H,38,43)(H,39,44)/t19-,20+/m0/s1. The Morgan fingerprint density at radius 2 is 2.02 bits per heavy atom. The monoisotopic (exact) mass is 681 g/mol. The van der Waals surface area contributed by atoms with Crippen molar-refractivity contribution in [2.45, 2.75) is 44.5 Å². The number of rotatable bonds is 11. The quantitative estimate of drug-likeness (QED) is 0.176. The highest BCUT2D eigenvalue weighted by molar-refractivity contribution is 7.13. The van der Waals surface area contributed by atoms with Crippen LogP contribution >= 0.6 is 34.5 Å². The molecule has 0 unspecified atom stereocenters. The lowest BCUT2D eigenvalue weighted by atomic mass is 10.1. The molecule has 2 fully saturated rings. The fraction of sp³-hybridized carbons (Fsp3) is 0.344. The van der Waals surface area contributed by atoms with Crippen LogP contribution in [0.5, 0.6) is 5.88 Å². The Morgan fingerprint density at radius 1 is 1.15 bits per heavy atom. The fourth-order valence-electron chi connectivity index (χ4n) is 5.62. The fourth-order valence-corrected chi connectivity index (χ4v) is 7.04. The lowest BCUT2D eigenvalue weighted by Crippen LogP contribution is -2.35. The number of amides is 2. The number of ether oxygens (including phenoxy) is 1. The second-order valence-electron chi connectivity index (χ2n) is 11.3. The summed E-state index contributed by atoms with van der Waals surface area (Å²) in [6.45, 7) is 3.26. The van der Waals surface area contributed by atoms with Crippen LogP contribution in [0.4, 0.5) is 5.69 Å². The Bertz CT molecular complexity index is 1750. The number of likely N-dealkylation sites (tertiary alicyclic amines) is 1. The van der Waals surface area contributed by atoms with Crippen molar-refractivity contribution in [1.82, 2.24) is 30.5 Å². The molecule has 2 amide bonds. The summed E-state index contributed by atoms with van der Waals surface area (Å²) >= 11 is 15.1. The normalized spacial score (nSPS) is 18.1. The second kappa shape index (κ2) is 14.4. The maximum absolute atomic E-state index is 13.1. The van der Waals surface area contributed by atoms with Gasteiger partial charge in [-0.25, -0.2) is 9.97 Å². The van der Waals surface area contributed by atoms with Gasteiger partial charge in [0.1, 0.15) is 0 Å². The lowest BCUT2D eigenvalue weighted by Gasteiger charge is -2.15. The minimum Gasteiger partial charge on any atom is -0.481 e. The first-order chi connectivity index (χ1) is 22.3. The van der Waals surface area contributed by atoms with Crippen LogP contribution in [0.3, 0.4) is 0 Å². The summed E-state index contributed by atoms with van der Waals surface area (Å²) in [7, 11) is 1.57. The molecule has 11 nitrogen and oxygen atoms in total. The molecule has 0 spiro atoms. The number of anilines is 1. The van der Waals surface area contributed by atoms with E-state index in [1.807, 2.05) is 12.1 Å². The molecule has 0 saturated carbocycles. The van der Waals surface area contributed by atoms with E-state index >= 15 is 0 Å². The van der Waals surface area contributed by atoms with Gasteiger partial charge in [0.2, 0.25) is 11.8 Å². The molecule has 2 saturated heterocycles. The summed E-state index contributed by atoms with van der Waals surface area (Å²) in [4.78, 5) is 41.2. The Morgan fingerprint density at radius 3 is 2.78 bits per heavy atom. The maximum atomic E-state index is 13.1. The summed E-state index contributed by atoms with van der Waals surface area (Å²) in [5.74, 6) is 0.173. The van der Waals surface area contributed by atoms with Crippen molar-refractivity contribution in [3.8, 4) is 28.4 Å². The molecule has 0 aliphatic carbocycles. The van der Waals surface area contributed by atoms with Crippen molar-refractivity contribution in [3.63, 3.8) is 0 Å². The van der Waals surface area contributed by atoms with Gasteiger partial charge in [-0.15, -0.1) is 11.3 Å². The summed E-state index contributed by atoms with van der Waals surface area (Å²) in [5, 5.41) is 19.9. The SMILES string of the molecule is COc1nc(-c2ccnc(-c3cccc(NC(=O)c4ncc(CN5CC[C@@H](O)C5)s4)c3Cl)c2Cl)ccc1CNC[C@@H]1CCC(=O)N1. The number of benzene rings is 1. The van der Waals surface area contributed by atoms with Crippen LogP contribution < -0.4 is 20.7 Å². The average Bonchev–Trinajstić information content (AvgIpc) is 3.80. The number of pyridine rings is 2. The number of aliphatic hydroxyl groups excluding tert-OH is 1. The molecule has 0 bridgehead atoms. The van der Waals surface area contributed by atoms with Gasteiger partial charge in [0.05, 0.1) is 40.3 Å². The number of aromatic nitrogens is 3. The molecule has 3 aromatic heterocycles. The van der Waals surface area contributed by atoms with E-state index in [0.717, 1.165) is 29.8 Å². The second-order valence-corrected chi connectivity index (χ2v) is 13.1. The zero-order valence-corrected chi connectivity index (χ0v) is 27.4. The molecular formula is C32H33Cl2N7O4S. The molecule has 4 aromatic rings. The molecule has 2 aliphatic rings. The van der Waals surface area contributed by atoms with E-state index in [2.05, 4.69) is 30.8 Å². The Kier molecular flexibility index (Phi) is 10.1. The van der Waals surface area contributed by atoms with Crippen molar-refractivity contribution in [2.75, 3.05) is 32.1 Å². The van der Waals surface area contributed by atoms with Crippen LogP contribution in [0.15, 0.2) is 48.8 Å². The number of methoxy groups -OCH3 is 1. The van der Waals surface area contributed by atoms with Crippen molar-refractivity contribution in [2.24, 2.45) is 0 Å². The number of thiazole rings is 1. The number of carbonyl (C=O) groups is 2. The molecule has 0 radical (unpaired) electrons. The average molecular weight is 683 g/mol. The van der Waals surface area contributed by atoms with Gasteiger partial charge < -0.3 is 25.8 Å². The first kappa shape index (κ1) is 32.3. The Labute approximate surface area is 280 Å². The highest BCUT2D eigenvalue weighted by Crippen LogP contribution is 2.40. The third-order valence-electron chi connectivity index (χ3n) is 7.97. The third kappa shape index (κ3) is 7.33. The number of carbonyl (C=O) groups excluding carboxylic acids is 2. The summed E-state index contributed by atoms with van der Waals surface area (Å²) in [6.07, 6.45) is 5.16. The topological polar surface area (TPSA) is 142 Å². The van der Waals surface area contributed by atoms with Crippen LogP contribution in [-0.2, 0) is 17.9 Å². The number of aliphatic hydroxyl groups is 1. The summed E-state index contributed by atoms with van der Waals surface area (Å²) < 4.78 is 5.59. The molecule has 6 rings (SSSR count). The van der Waals surface area contributed by atoms with Gasteiger partial charge in [-0.3, -0.25) is 19.5 Å². The van der Waals surface area contributed by atoms with E-state index in [9.17, 15) is 14.7 Å². The van der Waals surface area contributed by atoms with E-state index in [0.29, 0.717) is 76.7 Å². The molecule has 5 heterocycles. The molecule has 46 heavy (non-hydrogen) atoms. The number of hydrogen-bond donors (Lipinski definition) is 4. The molecule has 14 heteroatoms. The number of halogens is 2. The first-order valence-electron chi connectivity index (χ1n) is 14.9. The molecule has 2 aliphatic heterocycles. The highest BCUT2D eigenvalue weighted by Gasteiger charge is 2.23. The van der Waals surface area contributed by atoms with Crippen molar-refractivity contribution in [1.29, 1.82) is 0 Å². The molecule has 4 N–H and O–H groups in total. The molecule has 240 valence electrons. The van der Waals surface area contributed by atoms with Gasteiger partial charge in [-0.05, 0) is 31.0 Å². The van der Waals surface area contributed by atoms with Crippen molar-refractivity contribution < 1.29 is 19.4 Å². The van der Waals surface area contributed by atoms with Gasteiger partial charge in [0, 0.05) is 79.1 Å². The molecular weight excluding hydrogens is 649 g/mol. The minimum absolute atomic E-state index is 0.0857. The molecule has 1 aromatic carbocycles. The zero-order chi connectivity index (χ0) is 32.2. The van der Waals surface area contributed by atoms with Gasteiger partial charge in [0.15, 0.2) is 5.01 Å². The molecule has 2 atom stereocenters. The first-order valence-corrected chi connectivity index (χ1v) is 16.5. The smallest absolute Gasteiger partial charge is 0.284 e. The highest BCUT2D eigenvalue weighted by atomic mass is 35.5. The van der Waals surface area contributed by atoms with Crippen LogP contribution in [0.25, 0.3) is 22.5 Å². The Balaban J connectivity index is 1.17. The lowest BCUT2D eigenvalue weighted by molar-refractivity contribution is -0.119. The van der Waals surface area contributed by atoms with Gasteiger partial charge >= 0.3 is 0 Å². The zero-order valence-electron chi connectivity index (χ0n) is 25.1. The van der Waals surface area contributed by atoms with Crippen LogP contribution in [0, 0.1) is 0 Å². The largest absolute Gasteiger partial charge is 0.481 e. The van der Waals surface area contributed by atoms with Crippen LogP contribution in [0.1, 0.15) is 39.5 Å². The van der Waals surface area contributed by atoms with E-state index in [4.69, 9.17) is 32.9 Å².